The van der Waals surface area contributed by atoms with Gasteiger partial charge in [-0.15, -0.1) is 11.3 Å². The number of sulfonamides is 1. The number of para-hydroxylation sites is 1. The second-order valence-corrected chi connectivity index (χ2v) is 8.90. The first kappa shape index (κ1) is 19.3. The van der Waals surface area contributed by atoms with Crippen LogP contribution in [-0.2, 0) is 16.6 Å². The lowest BCUT2D eigenvalue weighted by atomic mass is 10.1. The molecule has 142 valence electrons. The van der Waals surface area contributed by atoms with Crippen LogP contribution in [0.5, 0.6) is 0 Å². The Balaban J connectivity index is 1.67. The van der Waals surface area contributed by atoms with Crippen molar-refractivity contribution in [1.29, 1.82) is 0 Å². The molecule has 0 saturated carbocycles. The average Bonchev–Trinajstić information content (AvgIpc) is 3.03. The lowest BCUT2D eigenvalue weighted by Gasteiger charge is -2.21. The van der Waals surface area contributed by atoms with E-state index in [0.717, 1.165) is 15.2 Å². The number of nitrogens with one attached hydrogen (secondary N) is 1. The molecule has 3 aromatic rings. The molecule has 1 heterocycles. The molecule has 0 saturated heterocycles. The summed E-state index contributed by atoms with van der Waals surface area (Å²) in [7, 11) is -2.10. The largest absolute Gasteiger partial charge is 0.331 e. The Labute approximate surface area is 161 Å². The van der Waals surface area contributed by atoms with Crippen molar-refractivity contribution in [2.45, 2.75) is 24.4 Å². The molecular formula is C18H20N4O3S2. The highest BCUT2D eigenvalue weighted by Gasteiger charge is 2.17. The maximum absolute atomic E-state index is 12.5. The third-order valence-corrected chi connectivity index (χ3v) is 6.02. The van der Waals surface area contributed by atoms with Crippen LogP contribution in [0.2, 0.25) is 0 Å². The van der Waals surface area contributed by atoms with E-state index in [2.05, 4.69) is 10.3 Å². The lowest BCUT2D eigenvalue weighted by molar-refractivity contribution is 0.203. The number of nitrogens with zero attached hydrogens (tertiary/aromatic N) is 2. The highest BCUT2D eigenvalue weighted by atomic mass is 32.2. The first-order valence-electron chi connectivity index (χ1n) is 8.23. The van der Waals surface area contributed by atoms with E-state index in [1.807, 2.05) is 24.3 Å². The Morgan fingerprint density at radius 2 is 2.00 bits per heavy atom. The number of fused-ring (bicyclic) bond motifs is 1. The van der Waals surface area contributed by atoms with Gasteiger partial charge in [-0.3, -0.25) is 0 Å². The van der Waals surface area contributed by atoms with E-state index in [-0.39, 0.29) is 17.0 Å². The van der Waals surface area contributed by atoms with Crippen LogP contribution in [0.15, 0.2) is 53.4 Å². The molecule has 7 nitrogen and oxygen atoms in total. The molecular weight excluding hydrogens is 384 g/mol. The van der Waals surface area contributed by atoms with Crippen molar-refractivity contribution in [2.75, 3.05) is 7.05 Å². The smallest absolute Gasteiger partial charge is 0.317 e. The number of hydrogen-bond acceptors (Lipinski definition) is 5. The van der Waals surface area contributed by atoms with Gasteiger partial charge < -0.3 is 10.2 Å². The van der Waals surface area contributed by atoms with Gasteiger partial charge in [-0.05, 0) is 36.8 Å². The number of primary sulfonamides is 1. The summed E-state index contributed by atoms with van der Waals surface area (Å²) in [5.41, 5.74) is 1.57. The second kappa shape index (κ2) is 7.63. The molecule has 3 rings (SSSR count). The maximum atomic E-state index is 12.5. The third kappa shape index (κ3) is 4.62. The van der Waals surface area contributed by atoms with Crippen LogP contribution in [0.3, 0.4) is 0 Å². The molecule has 0 fully saturated rings. The van der Waals surface area contributed by atoms with Crippen LogP contribution in [0, 0.1) is 0 Å². The van der Waals surface area contributed by atoms with Gasteiger partial charge in [0.15, 0.2) is 0 Å². The van der Waals surface area contributed by atoms with Crippen LogP contribution in [0.4, 0.5) is 4.79 Å². The summed E-state index contributed by atoms with van der Waals surface area (Å²) in [5, 5.41) is 8.87. The van der Waals surface area contributed by atoms with E-state index >= 15 is 0 Å². The first-order valence-corrected chi connectivity index (χ1v) is 10.6. The van der Waals surface area contributed by atoms with Gasteiger partial charge in [0.1, 0.15) is 5.01 Å². The SMILES string of the molecule is CC(NC(=O)N(C)Cc1nc2ccccc2s1)c1cccc(S(N)(=O)=O)c1. The molecule has 0 aliphatic carbocycles. The monoisotopic (exact) mass is 404 g/mol. The molecule has 3 N–H and O–H groups in total. The van der Waals surface area contributed by atoms with Crippen molar-refractivity contribution in [3.63, 3.8) is 0 Å². The Kier molecular flexibility index (Phi) is 5.45. The van der Waals surface area contributed by atoms with E-state index in [9.17, 15) is 13.2 Å². The minimum Gasteiger partial charge on any atom is -0.331 e. The summed E-state index contributed by atoms with van der Waals surface area (Å²) in [4.78, 5) is 18.6. The first-order chi connectivity index (χ1) is 12.7. The quantitative estimate of drug-likeness (QED) is 0.682. The van der Waals surface area contributed by atoms with Crippen LogP contribution in [-0.4, -0.2) is 31.4 Å². The van der Waals surface area contributed by atoms with Gasteiger partial charge in [0.05, 0.1) is 27.7 Å². The molecule has 0 radical (unpaired) electrons. The number of carbonyl (C=O) groups excluding carboxylic acids is 1. The zero-order valence-corrected chi connectivity index (χ0v) is 16.5. The van der Waals surface area contributed by atoms with Crippen molar-refractivity contribution < 1.29 is 13.2 Å². The highest BCUT2D eigenvalue weighted by Crippen LogP contribution is 2.22. The molecule has 0 spiro atoms. The van der Waals surface area contributed by atoms with Crippen LogP contribution >= 0.6 is 11.3 Å². The van der Waals surface area contributed by atoms with E-state index in [4.69, 9.17) is 5.14 Å². The van der Waals surface area contributed by atoms with E-state index < -0.39 is 10.0 Å². The molecule has 2 amide bonds. The predicted molar refractivity (Wildman–Crippen MR) is 106 cm³/mol. The maximum Gasteiger partial charge on any atom is 0.317 e. The zero-order chi connectivity index (χ0) is 19.6. The zero-order valence-electron chi connectivity index (χ0n) is 14.9. The highest BCUT2D eigenvalue weighted by molar-refractivity contribution is 7.89. The minimum absolute atomic E-state index is 0.0175. The summed E-state index contributed by atoms with van der Waals surface area (Å²) in [6, 6.07) is 13.4. The number of benzene rings is 2. The number of rotatable bonds is 5. The fourth-order valence-electron chi connectivity index (χ4n) is 2.60. The van der Waals surface area contributed by atoms with Crippen molar-refractivity contribution in [3.05, 3.63) is 59.1 Å². The van der Waals surface area contributed by atoms with Crippen LogP contribution in [0.1, 0.15) is 23.5 Å². The van der Waals surface area contributed by atoms with Gasteiger partial charge in [0.2, 0.25) is 10.0 Å². The van der Waals surface area contributed by atoms with Gasteiger partial charge >= 0.3 is 6.03 Å². The molecule has 0 bridgehead atoms. The Hall–Kier alpha value is -2.49. The minimum atomic E-state index is -3.79. The summed E-state index contributed by atoms with van der Waals surface area (Å²) in [5.74, 6) is 0. The fourth-order valence-corrected chi connectivity index (χ4v) is 4.19. The molecule has 1 aromatic heterocycles. The second-order valence-electron chi connectivity index (χ2n) is 6.22. The predicted octanol–water partition coefficient (Wildman–Crippen LogP) is 2.85. The summed E-state index contributed by atoms with van der Waals surface area (Å²) < 4.78 is 24.1. The lowest BCUT2D eigenvalue weighted by Crippen LogP contribution is -2.38. The van der Waals surface area contributed by atoms with E-state index in [1.165, 1.54) is 17.0 Å². The average molecular weight is 405 g/mol. The third-order valence-electron chi connectivity index (χ3n) is 4.08. The molecule has 1 unspecified atom stereocenters. The van der Waals surface area contributed by atoms with Crippen molar-refractivity contribution >= 4 is 37.6 Å². The van der Waals surface area contributed by atoms with Gasteiger partial charge in [0.25, 0.3) is 0 Å². The topological polar surface area (TPSA) is 105 Å². The number of amides is 2. The summed E-state index contributed by atoms with van der Waals surface area (Å²) in [6.45, 7) is 2.17. The number of thiazole rings is 1. The van der Waals surface area contributed by atoms with Crippen molar-refractivity contribution in [1.82, 2.24) is 15.2 Å². The van der Waals surface area contributed by atoms with Gasteiger partial charge in [-0.1, -0.05) is 24.3 Å². The Bertz CT molecular complexity index is 1050. The molecule has 0 aliphatic rings. The van der Waals surface area contributed by atoms with Gasteiger partial charge in [0, 0.05) is 7.05 Å². The standard InChI is InChI=1S/C18H20N4O3S2/c1-12(13-6-5-7-14(10-13)27(19,24)25)20-18(23)22(2)11-17-21-15-8-3-4-9-16(15)26-17/h3-10,12H,11H2,1-2H3,(H,20,23)(H2,19,24,25). The van der Waals surface area contributed by atoms with E-state index in [0.29, 0.717) is 12.1 Å². The number of aromatic nitrogens is 1. The summed E-state index contributed by atoms with van der Waals surface area (Å²) in [6.07, 6.45) is 0. The Morgan fingerprint density at radius 3 is 2.70 bits per heavy atom. The normalized spacial score (nSPS) is 12.7. The summed E-state index contributed by atoms with van der Waals surface area (Å²) >= 11 is 1.55. The number of carbonyl (C=O) groups is 1. The number of hydrogen-bond donors (Lipinski definition) is 2. The molecule has 0 aliphatic heterocycles. The fraction of sp³-hybridized carbons (Fsp3) is 0.222. The van der Waals surface area contributed by atoms with Crippen molar-refractivity contribution in [2.24, 2.45) is 5.14 Å². The number of nitrogens with two attached hydrogens (primary N) is 1. The van der Waals surface area contributed by atoms with Gasteiger partial charge in [-0.2, -0.15) is 0 Å². The number of urea groups is 1. The molecule has 9 heteroatoms. The van der Waals surface area contributed by atoms with Gasteiger partial charge in [-0.25, -0.2) is 23.3 Å². The Morgan fingerprint density at radius 1 is 1.26 bits per heavy atom. The molecule has 2 aromatic carbocycles. The molecule has 1 atom stereocenters. The van der Waals surface area contributed by atoms with E-state index in [1.54, 1.807) is 37.4 Å². The molecule has 27 heavy (non-hydrogen) atoms. The van der Waals surface area contributed by atoms with Crippen molar-refractivity contribution in [3.8, 4) is 0 Å². The van der Waals surface area contributed by atoms with Crippen LogP contribution in [0.25, 0.3) is 10.2 Å². The van der Waals surface area contributed by atoms with Crippen LogP contribution < -0.4 is 10.5 Å².